The first kappa shape index (κ1) is 18.7. The molecule has 2 aromatic carbocycles. The molecule has 2 heterocycles. The molecule has 2 aromatic rings. The lowest BCUT2D eigenvalue weighted by Gasteiger charge is -2.33. The predicted molar refractivity (Wildman–Crippen MR) is 102 cm³/mol. The number of benzene rings is 2. The first-order valence-electron chi connectivity index (χ1n) is 8.98. The van der Waals surface area contributed by atoms with E-state index in [2.05, 4.69) is 0 Å². The average Bonchev–Trinajstić information content (AvgIpc) is 3.26. The number of ether oxygens (including phenoxy) is 1. The lowest BCUT2D eigenvalue weighted by molar-refractivity contribution is -0.152. The van der Waals surface area contributed by atoms with Gasteiger partial charge in [-0.05, 0) is 24.1 Å². The van der Waals surface area contributed by atoms with Gasteiger partial charge < -0.3 is 9.64 Å². The van der Waals surface area contributed by atoms with Gasteiger partial charge in [0.1, 0.15) is 16.7 Å². The van der Waals surface area contributed by atoms with Crippen molar-refractivity contribution in [2.45, 2.75) is 23.8 Å². The molecule has 2 aliphatic heterocycles. The Hall–Kier alpha value is -2.67. The maximum atomic E-state index is 13.3. The largest absolute Gasteiger partial charge is 0.456 e. The molecule has 2 fully saturated rings. The second-order valence-corrected chi connectivity index (χ2v) is 8.08. The van der Waals surface area contributed by atoms with Crippen molar-refractivity contribution in [2.75, 3.05) is 12.4 Å². The Kier molecular flexibility index (Phi) is 4.93. The van der Waals surface area contributed by atoms with E-state index in [-0.39, 0.29) is 11.5 Å². The van der Waals surface area contributed by atoms with Crippen LogP contribution in [0.4, 0.5) is 4.39 Å². The van der Waals surface area contributed by atoms with Crippen molar-refractivity contribution in [1.82, 2.24) is 4.90 Å². The van der Waals surface area contributed by atoms with E-state index >= 15 is 0 Å². The van der Waals surface area contributed by atoms with E-state index in [4.69, 9.17) is 4.74 Å². The molecule has 0 unspecified atom stereocenters. The number of amides is 1. The minimum Gasteiger partial charge on any atom is -0.456 e. The zero-order valence-electron chi connectivity index (χ0n) is 15.0. The van der Waals surface area contributed by atoms with Gasteiger partial charge in [-0.25, -0.2) is 9.18 Å². The van der Waals surface area contributed by atoms with Gasteiger partial charge in [-0.3, -0.25) is 9.59 Å². The summed E-state index contributed by atoms with van der Waals surface area (Å²) in [6.45, 7) is -0.482. The van der Waals surface area contributed by atoms with Gasteiger partial charge in [-0.1, -0.05) is 42.5 Å². The van der Waals surface area contributed by atoms with Crippen molar-refractivity contribution < 1.29 is 23.5 Å². The van der Waals surface area contributed by atoms with E-state index in [0.717, 1.165) is 11.6 Å². The van der Waals surface area contributed by atoms with Crippen LogP contribution in [0.25, 0.3) is 0 Å². The number of carbonyl (C=O) groups is 3. The van der Waals surface area contributed by atoms with Crippen molar-refractivity contribution in [3.8, 4) is 0 Å². The SMILES string of the molecule is O=C(COC(=O)[C@H]1CS[C@]2(c3ccccc3)CCC(=O)N12)c1cccc(F)c1. The van der Waals surface area contributed by atoms with Crippen LogP contribution in [-0.2, 0) is 19.2 Å². The first-order valence-corrected chi connectivity index (χ1v) is 9.97. The topological polar surface area (TPSA) is 63.7 Å². The summed E-state index contributed by atoms with van der Waals surface area (Å²) in [6, 6.07) is 14.1. The molecule has 1 amide bonds. The van der Waals surface area contributed by atoms with E-state index in [1.165, 1.54) is 18.2 Å². The summed E-state index contributed by atoms with van der Waals surface area (Å²) in [7, 11) is 0. The molecule has 0 spiro atoms. The number of carbonyl (C=O) groups excluding carboxylic acids is 3. The third-order valence-corrected chi connectivity index (χ3v) is 6.71. The maximum Gasteiger partial charge on any atom is 0.330 e. The Morgan fingerprint density at radius 3 is 2.71 bits per heavy atom. The van der Waals surface area contributed by atoms with Crippen LogP contribution >= 0.6 is 11.8 Å². The van der Waals surface area contributed by atoms with Crippen molar-refractivity contribution >= 4 is 29.4 Å². The van der Waals surface area contributed by atoms with Crippen molar-refractivity contribution in [1.29, 1.82) is 0 Å². The monoisotopic (exact) mass is 399 g/mol. The number of Topliss-reactive ketones (excluding diaryl/α,β-unsaturated/α-hetero) is 1. The van der Waals surface area contributed by atoms with Crippen molar-refractivity contribution in [3.05, 3.63) is 71.5 Å². The smallest absolute Gasteiger partial charge is 0.330 e. The highest BCUT2D eigenvalue weighted by atomic mass is 32.2. The van der Waals surface area contributed by atoms with Crippen LogP contribution in [-0.4, -0.2) is 41.0 Å². The number of rotatable bonds is 5. The molecular weight excluding hydrogens is 381 g/mol. The van der Waals surface area contributed by atoms with Crippen LogP contribution in [0.15, 0.2) is 54.6 Å². The summed E-state index contributed by atoms with van der Waals surface area (Å²) < 4.78 is 18.5. The zero-order chi connectivity index (χ0) is 19.7. The number of hydrogen-bond donors (Lipinski definition) is 0. The summed E-state index contributed by atoms with van der Waals surface area (Å²) >= 11 is 1.56. The van der Waals surface area contributed by atoms with E-state index in [0.29, 0.717) is 18.6 Å². The zero-order valence-corrected chi connectivity index (χ0v) is 15.8. The molecule has 0 saturated carbocycles. The Morgan fingerprint density at radius 1 is 1.18 bits per heavy atom. The average molecular weight is 399 g/mol. The first-order chi connectivity index (χ1) is 13.5. The Bertz CT molecular complexity index is 935. The fourth-order valence-corrected chi connectivity index (χ4v) is 5.43. The predicted octanol–water partition coefficient (Wildman–Crippen LogP) is 3.14. The van der Waals surface area contributed by atoms with Gasteiger partial charge in [0, 0.05) is 17.7 Å². The number of thioether (sulfide) groups is 1. The third kappa shape index (κ3) is 3.20. The van der Waals surface area contributed by atoms with Crippen LogP contribution in [0, 0.1) is 5.82 Å². The number of halogens is 1. The molecule has 0 radical (unpaired) electrons. The Labute approximate surface area is 165 Å². The van der Waals surface area contributed by atoms with Gasteiger partial charge in [0.2, 0.25) is 5.91 Å². The molecule has 144 valence electrons. The fraction of sp³-hybridized carbons (Fsp3) is 0.286. The second kappa shape index (κ2) is 7.39. The maximum absolute atomic E-state index is 13.3. The molecule has 2 saturated heterocycles. The van der Waals surface area contributed by atoms with E-state index < -0.39 is 35.1 Å². The number of nitrogens with zero attached hydrogens (tertiary/aromatic N) is 1. The van der Waals surface area contributed by atoms with Gasteiger partial charge in [0.15, 0.2) is 12.4 Å². The van der Waals surface area contributed by atoms with Gasteiger partial charge in [-0.2, -0.15) is 0 Å². The minimum absolute atomic E-state index is 0.0905. The van der Waals surface area contributed by atoms with Gasteiger partial charge >= 0.3 is 5.97 Å². The Morgan fingerprint density at radius 2 is 1.96 bits per heavy atom. The molecule has 2 atom stereocenters. The molecule has 5 nitrogen and oxygen atoms in total. The number of esters is 1. The highest BCUT2D eigenvalue weighted by Gasteiger charge is 2.57. The van der Waals surface area contributed by atoms with Gasteiger partial charge in [0.25, 0.3) is 0 Å². The van der Waals surface area contributed by atoms with Crippen LogP contribution in [0.1, 0.15) is 28.8 Å². The fourth-order valence-electron chi connectivity index (χ4n) is 3.79. The third-order valence-electron chi connectivity index (χ3n) is 5.12. The lowest BCUT2D eigenvalue weighted by Crippen LogP contribution is -2.47. The normalized spacial score (nSPS) is 23.5. The number of fused-ring (bicyclic) bond motifs is 1. The summed E-state index contributed by atoms with van der Waals surface area (Å²) in [5.74, 6) is -1.30. The van der Waals surface area contributed by atoms with E-state index in [1.54, 1.807) is 16.7 Å². The summed E-state index contributed by atoms with van der Waals surface area (Å²) in [5.41, 5.74) is 1.13. The molecule has 0 aromatic heterocycles. The summed E-state index contributed by atoms with van der Waals surface area (Å²) in [4.78, 5) is 38.4. The van der Waals surface area contributed by atoms with Crippen molar-refractivity contribution in [2.24, 2.45) is 0 Å². The molecule has 2 aliphatic rings. The lowest BCUT2D eigenvalue weighted by atomic mass is 10.0. The quantitative estimate of drug-likeness (QED) is 0.571. The minimum atomic E-state index is -0.736. The van der Waals surface area contributed by atoms with Crippen LogP contribution in [0.5, 0.6) is 0 Å². The highest BCUT2D eigenvalue weighted by Crippen LogP contribution is 2.54. The molecular formula is C21H18FNO4S. The standard InChI is InChI=1S/C21H18FNO4S/c22-16-8-4-5-14(11-16)18(24)12-27-20(26)17-13-28-21(10-9-19(25)23(17)21)15-6-2-1-3-7-15/h1-8,11,17H,9-10,12-13H2/t17-,21+/m1/s1. The highest BCUT2D eigenvalue weighted by molar-refractivity contribution is 8.00. The molecule has 28 heavy (non-hydrogen) atoms. The molecule has 7 heteroatoms. The number of ketones is 1. The Balaban J connectivity index is 1.48. The van der Waals surface area contributed by atoms with Crippen LogP contribution in [0.3, 0.4) is 0 Å². The van der Waals surface area contributed by atoms with Crippen LogP contribution in [0.2, 0.25) is 0 Å². The summed E-state index contributed by atoms with van der Waals surface area (Å²) in [5, 5.41) is 0. The van der Waals surface area contributed by atoms with Gasteiger partial charge in [0.05, 0.1) is 0 Å². The van der Waals surface area contributed by atoms with E-state index in [9.17, 15) is 18.8 Å². The van der Waals surface area contributed by atoms with Crippen molar-refractivity contribution in [3.63, 3.8) is 0 Å². The number of hydrogen-bond acceptors (Lipinski definition) is 5. The van der Waals surface area contributed by atoms with E-state index in [1.807, 2.05) is 30.3 Å². The summed E-state index contributed by atoms with van der Waals surface area (Å²) in [6.07, 6.45) is 1.00. The molecule has 0 bridgehead atoms. The van der Waals surface area contributed by atoms with Crippen LogP contribution < -0.4 is 0 Å². The van der Waals surface area contributed by atoms with Gasteiger partial charge in [-0.15, -0.1) is 11.8 Å². The second-order valence-electron chi connectivity index (χ2n) is 6.78. The molecule has 0 N–H and O–H groups in total. The molecule has 0 aliphatic carbocycles. The molecule has 4 rings (SSSR count).